The molecule has 3 rings (SSSR count). The van der Waals surface area contributed by atoms with Gasteiger partial charge in [-0.2, -0.15) is 0 Å². The fourth-order valence-electron chi connectivity index (χ4n) is 3.13. The minimum atomic E-state index is -0.897. The van der Waals surface area contributed by atoms with Gasteiger partial charge in [0.2, 0.25) is 5.91 Å². The summed E-state index contributed by atoms with van der Waals surface area (Å²) in [5.74, 6) is -0.798. The summed E-state index contributed by atoms with van der Waals surface area (Å²) in [7, 11) is 1.52. The van der Waals surface area contributed by atoms with E-state index in [1.54, 1.807) is 36.4 Å². The molecule has 0 aromatic heterocycles. The number of methoxy groups -OCH3 is 1. The molecule has 0 saturated carbocycles. The van der Waals surface area contributed by atoms with Gasteiger partial charge in [-0.25, -0.2) is 9.69 Å². The molecule has 0 radical (unpaired) electrons. The van der Waals surface area contributed by atoms with Crippen LogP contribution in [0.5, 0.6) is 0 Å². The fraction of sp³-hybridized carbons (Fsp3) is 0.286. The number of urea groups is 1. The van der Waals surface area contributed by atoms with E-state index in [0.717, 1.165) is 10.5 Å². The number of imide groups is 1. The minimum Gasteiger partial charge on any atom is -0.383 e. The molecule has 152 valence electrons. The van der Waals surface area contributed by atoms with Gasteiger partial charge in [-0.15, -0.1) is 0 Å². The second-order valence-corrected chi connectivity index (χ2v) is 7.19. The highest BCUT2D eigenvalue weighted by atomic mass is 35.5. The Morgan fingerprint density at radius 1 is 1.10 bits per heavy atom. The molecule has 0 spiro atoms. The molecule has 1 aliphatic heterocycles. The van der Waals surface area contributed by atoms with Crippen molar-refractivity contribution in [2.24, 2.45) is 0 Å². The topological polar surface area (TPSA) is 79.0 Å². The van der Waals surface area contributed by atoms with Crippen molar-refractivity contribution in [2.75, 3.05) is 30.5 Å². The van der Waals surface area contributed by atoms with Gasteiger partial charge < -0.3 is 15.0 Å². The zero-order valence-electron chi connectivity index (χ0n) is 16.2. The van der Waals surface area contributed by atoms with Crippen LogP contribution in [0.3, 0.4) is 0 Å². The van der Waals surface area contributed by atoms with Gasteiger partial charge in [-0.05, 0) is 43.3 Å². The Hall–Kier alpha value is -2.90. The lowest BCUT2D eigenvalue weighted by Crippen LogP contribution is -2.39. The van der Waals surface area contributed by atoms with Crippen LogP contribution in [0.25, 0.3) is 0 Å². The minimum absolute atomic E-state index is 0.153. The lowest BCUT2D eigenvalue weighted by atomic mass is 10.1. The van der Waals surface area contributed by atoms with E-state index in [-0.39, 0.29) is 25.5 Å². The normalized spacial score (nSPS) is 16.4. The van der Waals surface area contributed by atoms with E-state index in [9.17, 15) is 14.4 Å². The predicted octanol–water partition coefficient (Wildman–Crippen LogP) is 3.46. The van der Waals surface area contributed by atoms with E-state index in [0.29, 0.717) is 16.4 Å². The number of amides is 4. The Morgan fingerprint density at radius 3 is 2.38 bits per heavy atom. The van der Waals surface area contributed by atoms with Gasteiger partial charge in [0.05, 0.1) is 18.7 Å². The number of nitrogens with zero attached hydrogens (tertiary/aromatic N) is 2. The second-order valence-electron chi connectivity index (χ2n) is 6.75. The molecule has 7 nitrogen and oxygen atoms in total. The first-order valence-electron chi connectivity index (χ1n) is 9.16. The molecule has 2 aromatic carbocycles. The number of rotatable bonds is 7. The van der Waals surface area contributed by atoms with Crippen molar-refractivity contribution in [2.45, 2.75) is 19.4 Å². The maximum atomic E-state index is 13.0. The first kappa shape index (κ1) is 20.8. The molecule has 2 aromatic rings. The molecule has 0 aliphatic carbocycles. The van der Waals surface area contributed by atoms with Crippen molar-refractivity contribution >= 4 is 40.8 Å². The lowest BCUT2D eigenvalue weighted by molar-refractivity contribution is -0.124. The van der Waals surface area contributed by atoms with Crippen LogP contribution in [-0.2, 0) is 14.3 Å². The summed E-state index contributed by atoms with van der Waals surface area (Å²) in [6.45, 7) is 2.39. The van der Waals surface area contributed by atoms with Gasteiger partial charge in [-0.1, -0.05) is 29.3 Å². The second kappa shape index (κ2) is 9.07. The fourth-order valence-corrected chi connectivity index (χ4v) is 3.26. The summed E-state index contributed by atoms with van der Waals surface area (Å²) < 4.78 is 5.07. The van der Waals surface area contributed by atoms with Gasteiger partial charge in [0.15, 0.2) is 0 Å². The number of ether oxygens (including phenoxy) is 1. The summed E-state index contributed by atoms with van der Waals surface area (Å²) in [5.41, 5.74) is 2.06. The van der Waals surface area contributed by atoms with Crippen LogP contribution >= 0.6 is 11.6 Å². The zero-order chi connectivity index (χ0) is 21.0. The van der Waals surface area contributed by atoms with E-state index < -0.39 is 18.0 Å². The Balaban J connectivity index is 1.79. The Labute approximate surface area is 174 Å². The van der Waals surface area contributed by atoms with E-state index in [4.69, 9.17) is 16.3 Å². The Kier molecular flexibility index (Phi) is 6.51. The highest BCUT2D eigenvalue weighted by Gasteiger charge is 2.46. The summed E-state index contributed by atoms with van der Waals surface area (Å²) in [4.78, 5) is 41.0. The summed E-state index contributed by atoms with van der Waals surface area (Å²) >= 11 is 5.85. The van der Waals surface area contributed by atoms with Crippen molar-refractivity contribution < 1.29 is 19.1 Å². The molecule has 1 saturated heterocycles. The Morgan fingerprint density at radius 2 is 1.76 bits per heavy atom. The molecule has 1 N–H and O–H groups in total. The van der Waals surface area contributed by atoms with Crippen molar-refractivity contribution in [1.82, 2.24) is 4.90 Å². The molecular weight excluding hydrogens is 394 g/mol. The van der Waals surface area contributed by atoms with Crippen LogP contribution in [0.1, 0.15) is 12.0 Å². The monoisotopic (exact) mass is 415 g/mol. The number of carbonyl (C=O) groups is 3. The highest BCUT2D eigenvalue weighted by molar-refractivity contribution is 6.30. The van der Waals surface area contributed by atoms with E-state index in [2.05, 4.69) is 5.32 Å². The number of carbonyl (C=O) groups excluding carboxylic acids is 3. The third kappa shape index (κ3) is 4.75. The molecule has 29 heavy (non-hydrogen) atoms. The number of nitrogens with one attached hydrogen (secondary N) is 1. The van der Waals surface area contributed by atoms with Crippen LogP contribution in [-0.4, -0.2) is 49.0 Å². The molecule has 1 fully saturated rings. The summed E-state index contributed by atoms with van der Waals surface area (Å²) in [5, 5.41) is 3.29. The van der Waals surface area contributed by atoms with Gasteiger partial charge in [0.25, 0.3) is 5.91 Å². The van der Waals surface area contributed by atoms with Gasteiger partial charge in [-0.3, -0.25) is 9.59 Å². The molecule has 0 unspecified atom stereocenters. The van der Waals surface area contributed by atoms with Crippen molar-refractivity contribution in [1.29, 1.82) is 0 Å². The maximum absolute atomic E-state index is 13.0. The predicted molar refractivity (Wildman–Crippen MR) is 111 cm³/mol. The number of benzene rings is 2. The smallest absolute Gasteiger partial charge is 0.332 e. The number of anilines is 2. The van der Waals surface area contributed by atoms with E-state index in [1.807, 2.05) is 19.1 Å². The molecule has 1 atom stereocenters. The van der Waals surface area contributed by atoms with Crippen LogP contribution in [0.2, 0.25) is 5.02 Å². The van der Waals surface area contributed by atoms with Crippen LogP contribution in [0.15, 0.2) is 48.5 Å². The molecule has 8 heteroatoms. The van der Waals surface area contributed by atoms with Crippen molar-refractivity contribution in [3.8, 4) is 0 Å². The van der Waals surface area contributed by atoms with E-state index in [1.165, 1.54) is 12.0 Å². The highest BCUT2D eigenvalue weighted by Crippen LogP contribution is 2.27. The quantitative estimate of drug-likeness (QED) is 0.702. The standard InChI is InChI=1S/C21H22ClN3O4/c1-14-3-9-17(10-4-14)25-20(27)18(24(21(25)28)11-12-29-2)13-19(26)23-16-7-5-15(22)6-8-16/h3-10,18H,11-13H2,1-2H3,(H,23,26)/t18-/m1/s1. The first-order chi connectivity index (χ1) is 13.9. The first-order valence-corrected chi connectivity index (χ1v) is 9.54. The van der Waals surface area contributed by atoms with Crippen LogP contribution < -0.4 is 10.2 Å². The molecule has 4 amide bonds. The van der Waals surface area contributed by atoms with Crippen molar-refractivity contribution in [3.63, 3.8) is 0 Å². The summed E-state index contributed by atoms with van der Waals surface area (Å²) in [6, 6.07) is 12.4. The van der Waals surface area contributed by atoms with Gasteiger partial charge in [0, 0.05) is 24.4 Å². The van der Waals surface area contributed by atoms with Gasteiger partial charge >= 0.3 is 6.03 Å². The number of aryl methyl sites for hydroxylation is 1. The van der Waals surface area contributed by atoms with Crippen LogP contribution in [0.4, 0.5) is 16.2 Å². The maximum Gasteiger partial charge on any atom is 0.332 e. The van der Waals surface area contributed by atoms with Crippen LogP contribution in [0, 0.1) is 6.92 Å². The third-order valence-electron chi connectivity index (χ3n) is 4.65. The number of hydrogen-bond donors (Lipinski definition) is 1. The van der Waals surface area contributed by atoms with E-state index >= 15 is 0 Å². The Bertz CT molecular complexity index is 899. The number of halogens is 1. The zero-order valence-corrected chi connectivity index (χ0v) is 17.0. The lowest BCUT2D eigenvalue weighted by Gasteiger charge is -2.21. The molecular formula is C21H22ClN3O4. The SMILES string of the molecule is COCCN1C(=O)N(c2ccc(C)cc2)C(=O)[C@H]1CC(=O)Nc1ccc(Cl)cc1. The molecule has 1 aliphatic rings. The van der Waals surface area contributed by atoms with Crippen molar-refractivity contribution in [3.05, 3.63) is 59.1 Å². The largest absolute Gasteiger partial charge is 0.383 e. The van der Waals surface area contributed by atoms with Gasteiger partial charge in [0.1, 0.15) is 6.04 Å². The third-order valence-corrected chi connectivity index (χ3v) is 4.91. The summed E-state index contributed by atoms with van der Waals surface area (Å²) in [6.07, 6.45) is -0.153. The molecule has 0 bridgehead atoms. The average molecular weight is 416 g/mol. The molecule has 1 heterocycles. The number of hydrogen-bond acceptors (Lipinski definition) is 4. The average Bonchev–Trinajstić information content (AvgIpc) is 2.92.